The number of benzene rings is 5. The molecule has 0 aliphatic heterocycles. The van der Waals surface area contributed by atoms with E-state index in [-0.39, 0.29) is 0 Å². The van der Waals surface area contributed by atoms with Crippen molar-refractivity contribution < 1.29 is 0 Å². The Morgan fingerprint density at radius 2 is 1.00 bits per heavy atom. The largest absolute Gasteiger partial charge is 0.233 e. The molecule has 0 spiro atoms. The van der Waals surface area contributed by atoms with Crippen molar-refractivity contribution in [2.24, 2.45) is 0 Å². The maximum Gasteiger partial charge on any atom is 0.126 e. The molecule has 136 valence electrons. The van der Waals surface area contributed by atoms with Crippen molar-refractivity contribution in [3.05, 3.63) is 96.8 Å². The molecule has 1 aromatic heterocycles. The average Bonchev–Trinajstić information content (AvgIpc) is 2.78. The molecule has 0 unspecified atom stereocenters. The Kier molecular flexibility index (Phi) is 3.41. The predicted molar refractivity (Wildman–Crippen MR) is 122 cm³/mol. The summed E-state index contributed by atoms with van der Waals surface area (Å²) < 4.78 is 0. The monoisotopic (exact) mass is 370 g/mol. The van der Waals surface area contributed by atoms with E-state index < -0.39 is 0 Å². The van der Waals surface area contributed by atoms with Crippen molar-refractivity contribution >= 4 is 43.2 Å². The van der Waals surface area contributed by atoms with Gasteiger partial charge in [-0.1, -0.05) is 78.9 Å². The number of hydrogen-bond donors (Lipinski definition) is 0. The first-order valence-corrected chi connectivity index (χ1v) is 9.86. The van der Waals surface area contributed by atoms with E-state index in [1.54, 1.807) is 0 Å². The van der Waals surface area contributed by atoms with Gasteiger partial charge in [0.05, 0.1) is 11.2 Å². The zero-order chi connectivity index (χ0) is 19.4. The van der Waals surface area contributed by atoms with Crippen LogP contribution in [0, 0.1) is 6.92 Å². The highest BCUT2D eigenvalue weighted by Gasteiger charge is 2.12. The number of hydrogen-bond acceptors (Lipinski definition) is 2. The Balaban J connectivity index is 1.76. The molecule has 0 radical (unpaired) electrons. The van der Waals surface area contributed by atoms with Crippen molar-refractivity contribution in [2.45, 2.75) is 6.92 Å². The zero-order valence-electron chi connectivity index (χ0n) is 16.1. The topological polar surface area (TPSA) is 25.8 Å². The molecule has 1 heterocycles. The summed E-state index contributed by atoms with van der Waals surface area (Å²) in [6.45, 7) is 1.96. The van der Waals surface area contributed by atoms with Gasteiger partial charge in [0.2, 0.25) is 0 Å². The summed E-state index contributed by atoms with van der Waals surface area (Å²) in [5.41, 5.74) is 3.10. The van der Waals surface area contributed by atoms with E-state index in [1.807, 2.05) is 13.0 Å². The summed E-state index contributed by atoms with van der Waals surface area (Å²) in [7, 11) is 0. The fourth-order valence-corrected chi connectivity index (χ4v) is 4.47. The van der Waals surface area contributed by atoms with Crippen LogP contribution in [0.2, 0.25) is 0 Å². The van der Waals surface area contributed by atoms with E-state index >= 15 is 0 Å². The summed E-state index contributed by atoms with van der Waals surface area (Å²) in [4.78, 5) is 9.41. The Hall–Kier alpha value is -3.78. The quantitative estimate of drug-likeness (QED) is 0.289. The van der Waals surface area contributed by atoms with Crippen molar-refractivity contribution in [2.75, 3.05) is 0 Å². The van der Waals surface area contributed by atoms with Crippen LogP contribution in [0.15, 0.2) is 91.0 Å². The van der Waals surface area contributed by atoms with E-state index in [0.717, 1.165) is 28.0 Å². The van der Waals surface area contributed by atoms with Gasteiger partial charge in [-0.25, -0.2) is 9.97 Å². The molecule has 0 amide bonds. The fraction of sp³-hybridized carbons (Fsp3) is 0.0370. The average molecular weight is 370 g/mol. The van der Waals surface area contributed by atoms with Crippen molar-refractivity contribution in [3.8, 4) is 11.3 Å². The van der Waals surface area contributed by atoms with Crippen LogP contribution in [-0.4, -0.2) is 9.97 Å². The highest BCUT2D eigenvalue weighted by Crippen LogP contribution is 2.37. The second kappa shape index (κ2) is 6.11. The molecule has 0 saturated heterocycles. The molecule has 2 nitrogen and oxygen atoms in total. The molecule has 2 heteroatoms. The van der Waals surface area contributed by atoms with Gasteiger partial charge in [0.1, 0.15) is 5.82 Å². The number of rotatable bonds is 1. The fourth-order valence-electron chi connectivity index (χ4n) is 4.47. The van der Waals surface area contributed by atoms with Crippen LogP contribution in [0.1, 0.15) is 5.82 Å². The van der Waals surface area contributed by atoms with Crippen LogP contribution in [0.25, 0.3) is 54.5 Å². The lowest BCUT2D eigenvalue weighted by molar-refractivity contribution is 1.10. The van der Waals surface area contributed by atoms with Gasteiger partial charge < -0.3 is 0 Å². The summed E-state index contributed by atoms with van der Waals surface area (Å²) >= 11 is 0. The minimum Gasteiger partial charge on any atom is -0.233 e. The number of aromatic nitrogens is 2. The number of nitrogens with zero attached hydrogens (tertiary/aromatic N) is 2. The molecule has 0 N–H and O–H groups in total. The maximum absolute atomic E-state index is 4.81. The minimum atomic E-state index is 0.794. The van der Waals surface area contributed by atoms with Gasteiger partial charge in [-0.05, 0) is 51.4 Å². The lowest BCUT2D eigenvalue weighted by Gasteiger charge is -2.12. The van der Waals surface area contributed by atoms with E-state index in [0.29, 0.717) is 0 Å². The van der Waals surface area contributed by atoms with Crippen LogP contribution in [0.3, 0.4) is 0 Å². The first-order chi connectivity index (χ1) is 14.3. The van der Waals surface area contributed by atoms with Crippen molar-refractivity contribution in [1.82, 2.24) is 9.97 Å². The van der Waals surface area contributed by atoms with Crippen LogP contribution in [0.5, 0.6) is 0 Å². The van der Waals surface area contributed by atoms with E-state index in [2.05, 4.69) is 89.9 Å². The maximum atomic E-state index is 4.81. The normalized spacial score (nSPS) is 11.6. The highest BCUT2D eigenvalue weighted by molar-refractivity contribution is 6.25. The molecule has 5 aromatic carbocycles. The second-order valence-corrected chi connectivity index (χ2v) is 7.49. The van der Waals surface area contributed by atoms with Crippen LogP contribution in [0.4, 0.5) is 0 Å². The molecule has 0 saturated carbocycles. The molecule has 0 aliphatic rings. The number of aryl methyl sites for hydroxylation is 1. The Bertz CT molecular complexity index is 1530. The molecule has 6 rings (SSSR count). The third-order valence-electron chi connectivity index (χ3n) is 5.73. The van der Waals surface area contributed by atoms with Gasteiger partial charge in [0.15, 0.2) is 0 Å². The van der Waals surface area contributed by atoms with Gasteiger partial charge in [-0.3, -0.25) is 0 Å². The third kappa shape index (κ3) is 2.43. The first kappa shape index (κ1) is 16.2. The van der Waals surface area contributed by atoms with Crippen LogP contribution in [-0.2, 0) is 0 Å². The molecular formula is C27H18N2. The molecular weight excluding hydrogens is 352 g/mol. The summed E-state index contributed by atoms with van der Waals surface area (Å²) in [6.07, 6.45) is 0. The molecule has 29 heavy (non-hydrogen) atoms. The van der Waals surface area contributed by atoms with E-state index in [4.69, 9.17) is 4.98 Å². The van der Waals surface area contributed by atoms with Gasteiger partial charge in [-0.15, -0.1) is 0 Å². The van der Waals surface area contributed by atoms with Gasteiger partial charge >= 0.3 is 0 Å². The number of para-hydroxylation sites is 1. The van der Waals surface area contributed by atoms with E-state index in [9.17, 15) is 0 Å². The van der Waals surface area contributed by atoms with E-state index in [1.165, 1.54) is 32.3 Å². The number of fused-ring (bicyclic) bond motifs is 7. The Morgan fingerprint density at radius 3 is 1.66 bits per heavy atom. The standard InChI is InChI=1S/C27H18N2/c1-17-28-26-13-7-6-12-24(26)27(29-17)18-14-15-23-21-10-3-2-8-19(21)20-9-4-5-11-22(20)25(23)16-18/h2-16H,1H3. The first-order valence-electron chi connectivity index (χ1n) is 9.86. The molecule has 0 aliphatic carbocycles. The van der Waals surface area contributed by atoms with Gasteiger partial charge in [-0.2, -0.15) is 0 Å². The zero-order valence-corrected chi connectivity index (χ0v) is 16.1. The summed E-state index contributed by atoms with van der Waals surface area (Å²) in [6, 6.07) is 32.3. The molecule has 6 aromatic rings. The SMILES string of the molecule is Cc1nc(-c2ccc3c4ccccc4c4ccccc4c3c2)c2ccccc2n1. The molecule has 0 atom stereocenters. The smallest absolute Gasteiger partial charge is 0.126 e. The summed E-state index contributed by atoms with van der Waals surface area (Å²) in [5, 5.41) is 8.77. The highest BCUT2D eigenvalue weighted by atomic mass is 14.9. The Morgan fingerprint density at radius 1 is 0.483 bits per heavy atom. The molecule has 0 bridgehead atoms. The second-order valence-electron chi connectivity index (χ2n) is 7.49. The summed E-state index contributed by atoms with van der Waals surface area (Å²) in [5.74, 6) is 0.794. The van der Waals surface area contributed by atoms with Crippen LogP contribution < -0.4 is 0 Å². The van der Waals surface area contributed by atoms with Gasteiger partial charge in [0.25, 0.3) is 0 Å². The lowest BCUT2D eigenvalue weighted by atomic mass is 9.92. The van der Waals surface area contributed by atoms with Crippen LogP contribution >= 0.6 is 0 Å². The minimum absolute atomic E-state index is 0.794. The van der Waals surface area contributed by atoms with Crippen molar-refractivity contribution in [1.29, 1.82) is 0 Å². The lowest BCUT2D eigenvalue weighted by Crippen LogP contribution is -1.94. The Labute approximate surface area is 168 Å². The van der Waals surface area contributed by atoms with Crippen molar-refractivity contribution in [3.63, 3.8) is 0 Å². The van der Waals surface area contributed by atoms with Gasteiger partial charge in [0, 0.05) is 10.9 Å². The third-order valence-corrected chi connectivity index (χ3v) is 5.73. The molecule has 0 fully saturated rings. The predicted octanol–water partition coefficient (Wildman–Crippen LogP) is 7.06.